The molecule has 0 radical (unpaired) electrons. The number of fused-ring (bicyclic) bond motifs is 1. The summed E-state index contributed by atoms with van der Waals surface area (Å²) < 4.78 is 44.1. The number of hydrogen-bond donors (Lipinski definition) is 4. The third kappa shape index (κ3) is 5.56. The first-order valence-electron chi connectivity index (χ1n) is 13.0. The number of likely N-dealkylation sites (tertiary alicyclic amines) is 1. The highest BCUT2D eigenvalue weighted by Gasteiger charge is 2.64. The van der Waals surface area contributed by atoms with Gasteiger partial charge in [-0.3, -0.25) is 14.4 Å². The van der Waals surface area contributed by atoms with E-state index in [4.69, 9.17) is 0 Å². The topological polar surface area (TPSA) is 111 Å². The van der Waals surface area contributed by atoms with E-state index in [-0.39, 0.29) is 13.0 Å². The molecule has 11 heteroatoms. The number of halogens is 3. The molecule has 214 valence electrons. The molecule has 4 rings (SSSR count). The van der Waals surface area contributed by atoms with E-state index >= 15 is 8.78 Å². The van der Waals surface area contributed by atoms with E-state index in [1.165, 1.54) is 38.1 Å². The number of amides is 3. The molecule has 0 aliphatic carbocycles. The zero-order valence-corrected chi connectivity index (χ0v) is 22.3. The first kappa shape index (κ1) is 29.1. The van der Waals surface area contributed by atoms with Gasteiger partial charge < -0.3 is 26.0 Å². The van der Waals surface area contributed by atoms with Gasteiger partial charge in [-0.15, -0.1) is 6.58 Å². The Morgan fingerprint density at radius 3 is 2.65 bits per heavy atom. The molecule has 8 nitrogen and oxygen atoms in total. The first-order valence-corrected chi connectivity index (χ1v) is 13.0. The Hall–Kier alpha value is -3.86. The maximum absolute atomic E-state index is 15.1. The van der Waals surface area contributed by atoms with Gasteiger partial charge in [-0.05, 0) is 48.2 Å². The Balaban J connectivity index is 1.65. The van der Waals surface area contributed by atoms with E-state index in [2.05, 4.69) is 22.5 Å². The lowest BCUT2D eigenvalue weighted by Gasteiger charge is -2.34. The highest BCUT2D eigenvalue weighted by molar-refractivity contribution is 5.98. The van der Waals surface area contributed by atoms with Gasteiger partial charge >= 0.3 is 0 Å². The number of hydrogen-bond acceptors (Lipinski definition) is 5. The fraction of sp³-hybridized carbons (Fsp3) is 0.414. The summed E-state index contributed by atoms with van der Waals surface area (Å²) in [6.45, 7) is 5.40. The molecule has 0 aromatic heterocycles. The van der Waals surface area contributed by atoms with Crippen molar-refractivity contribution in [3.05, 3.63) is 77.6 Å². The van der Waals surface area contributed by atoms with Crippen LogP contribution in [0.5, 0.6) is 0 Å². The van der Waals surface area contributed by atoms with Crippen LogP contribution in [-0.2, 0) is 22.4 Å². The number of alkyl halides is 2. The van der Waals surface area contributed by atoms with Crippen molar-refractivity contribution in [1.82, 2.24) is 15.5 Å². The number of rotatable bonds is 9. The van der Waals surface area contributed by atoms with Gasteiger partial charge in [0.25, 0.3) is 17.7 Å². The largest absolute Gasteiger partial charge is 0.384 e. The standard InChI is InChI=1S/C29H33F3N4O4/c1-4-12-34-26(39)24-28(2,3)29(31,32)16-36(24)27(40)23(37)22(15-17-7-5-8-18(30)14-17)35-25(38)20-9-6-10-21-19(20)11-13-33-21/h4-10,14,22-24,33,37H,1,11-13,15-16H2,2-3H3,(H,34,39)(H,35,38)/t22?,23-,24+/m0/s1. The van der Waals surface area contributed by atoms with Gasteiger partial charge in [0.15, 0.2) is 6.10 Å². The highest BCUT2D eigenvalue weighted by Crippen LogP contribution is 2.48. The van der Waals surface area contributed by atoms with E-state index in [0.29, 0.717) is 29.0 Å². The van der Waals surface area contributed by atoms with E-state index in [1.54, 1.807) is 18.2 Å². The summed E-state index contributed by atoms with van der Waals surface area (Å²) in [6.07, 6.45) is -0.222. The van der Waals surface area contributed by atoms with Crippen molar-refractivity contribution in [3.63, 3.8) is 0 Å². The summed E-state index contributed by atoms with van der Waals surface area (Å²) in [5.41, 5.74) is 0.310. The Morgan fingerprint density at radius 2 is 1.95 bits per heavy atom. The van der Waals surface area contributed by atoms with Gasteiger partial charge in [0.2, 0.25) is 5.91 Å². The van der Waals surface area contributed by atoms with E-state index in [1.807, 2.05) is 6.07 Å². The van der Waals surface area contributed by atoms with Crippen molar-refractivity contribution in [2.24, 2.45) is 5.41 Å². The molecule has 2 aromatic rings. The monoisotopic (exact) mass is 558 g/mol. The van der Waals surface area contributed by atoms with Crippen molar-refractivity contribution in [3.8, 4) is 0 Å². The predicted octanol–water partition coefficient (Wildman–Crippen LogP) is 2.67. The van der Waals surface area contributed by atoms with Crippen molar-refractivity contribution in [1.29, 1.82) is 0 Å². The molecule has 0 spiro atoms. The average Bonchev–Trinajstić information content (AvgIpc) is 3.45. The molecule has 1 saturated heterocycles. The molecule has 3 atom stereocenters. The van der Waals surface area contributed by atoms with Crippen LogP contribution in [0.3, 0.4) is 0 Å². The molecule has 0 saturated carbocycles. The minimum atomic E-state index is -3.45. The summed E-state index contributed by atoms with van der Waals surface area (Å²) in [4.78, 5) is 40.6. The fourth-order valence-electron chi connectivity index (χ4n) is 5.35. The van der Waals surface area contributed by atoms with Crippen LogP contribution < -0.4 is 16.0 Å². The molecular formula is C29H33F3N4O4. The molecule has 40 heavy (non-hydrogen) atoms. The number of nitrogens with zero attached hydrogens (tertiary/aromatic N) is 1. The second-order valence-corrected chi connectivity index (χ2v) is 10.7. The fourth-order valence-corrected chi connectivity index (χ4v) is 5.35. The van der Waals surface area contributed by atoms with Crippen LogP contribution in [0.4, 0.5) is 18.9 Å². The van der Waals surface area contributed by atoms with Gasteiger partial charge in [0, 0.05) is 24.3 Å². The van der Waals surface area contributed by atoms with Gasteiger partial charge in [-0.2, -0.15) is 0 Å². The molecule has 1 fully saturated rings. The van der Waals surface area contributed by atoms with E-state index in [9.17, 15) is 23.9 Å². The molecular weight excluding hydrogens is 525 g/mol. The summed E-state index contributed by atoms with van der Waals surface area (Å²) in [6, 6.07) is 7.63. The van der Waals surface area contributed by atoms with Crippen LogP contribution in [0, 0.1) is 11.2 Å². The molecule has 3 amide bonds. The number of aliphatic hydroxyl groups excluding tert-OH is 1. The number of nitrogens with one attached hydrogen (secondary N) is 3. The SMILES string of the molecule is C=CCNC(=O)[C@H]1N(C(=O)[C@@H](O)C(Cc2cccc(F)c2)NC(=O)c2cccc3c2CCN3)CC(F)(F)C1(C)C. The highest BCUT2D eigenvalue weighted by atomic mass is 19.3. The second-order valence-electron chi connectivity index (χ2n) is 10.7. The minimum absolute atomic E-state index is 0.00389. The molecule has 4 N–H and O–H groups in total. The number of carbonyl (C=O) groups is 3. The number of anilines is 1. The maximum atomic E-state index is 15.1. The lowest BCUT2D eigenvalue weighted by molar-refractivity contribution is -0.148. The Labute approximate surface area is 230 Å². The quantitative estimate of drug-likeness (QED) is 0.354. The lowest BCUT2D eigenvalue weighted by atomic mass is 9.81. The van der Waals surface area contributed by atoms with Crippen LogP contribution >= 0.6 is 0 Å². The predicted molar refractivity (Wildman–Crippen MR) is 143 cm³/mol. The average molecular weight is 559 g/mol. The van der Waals surface area contributed by atoms with Crippen molar-refractivity contribution < 1.29 is 32.7 Å². The molecule has 2 heterocycles. The molecule has 2 aromatic carbocycles. The molecule has 0 bridgehead atoms. The Bertz CT molecular complexity index is 1320. The third-order valence-electron chi connectivity index (χ3n) is 7.67. The third-order valence-corrected chi connectivity index (χ3v) is 7.67. The zero-order valence-electron chi connectivity index (χ0n) is 22.3. The molecule has 2 aliphatic heterocycles. The van der Waals surface area contributed by atoms with Crippen molar-refractivity contribution >= 4 is 23.4 Å². The Kier molecular flexibility index (Phi) is 8.25. The van der Waals surface area contributed by atoms with Gasteiger partial charge in [-0.25, -0.2) is 13.2 Å². The summed E-state index contributed by atoms with van der Waals surface area (Å²) in [5, 5.41) is 19.6. The Morgan fingerprint density at radius 1 is 1.23 bits per heavy atom. The van der Waals surface area contributed by atoms with Crippen LogP contribution in [-0.4, -0.2) is 71.5 Å². The maximum Gasteiger partial charge on any atom is 0.272 e. The second kappa shape index (κ2) is 11.3. The van der Waals surface area contributed by atoms with Crippen LogP contribution in [0.1, 0.15) is 35.3 Å². The van der Waals surface area contributed by atoms with Crippen molar-refractivity contribution in [2.45, 2.75) is 50.8 Å². The summed E-state index contributed by atoms with van der Waals surface area (Å²) >= 11 is 0. The zero-order chi connectivity index (χ0) is 29.2. The smallest absolute Gasteiger partial charge is 0.272 e. The van der Waals surface area contributed by atoms with Crippen LogP contribution in [0.2, 0.25) is 0 Å². The van der Waals surface area contributed by atoms with Crippen molar-refractivity contribution in [2.75, 3.05) is 25.0 Å². The van der Waals surface area contributed by atoms with Crippen LogP contribution in [0.25, 0.3) is 0 Å². The minimum Gasteiger partial charge on any atom is -0.384 e. The summed E-state index contributed by atoms with van der Waals surface area (Å²) in [7, 11) is 0. The first-order chi connectivity index (χ1) is 18.9. The van der Waals surface area contributed by atoms with Gasteiger partial charge in [0.05, 0.1) is 18.0 Å². The van der Waals surface area contributed by atoms with E-state index < -0.39 is 59.6 Å². The van der Waals surface area contributed by atoms with Gasteiger partial charge in [0.1, 0.15) is 11.9 Å². The van der Waals surface area contributed by atoms with Crippen LogP contribution in [0.15, 0.2) is 55.1 Å². The summed E-state index contributed by atoms with van der Waals surface area (Å²) in [5.74, 6) is -6.56. The number of benzene rings is 2. The van der Waals surface area contributed by atoms with Gasteiger partial charge in [-0.1, -0.05) is 38.1 Å². The normalized spacial score (nSPS) is 20.1. The molecule has 1 unspecified atom stereocenters. The number of aliphatic hydroxyl groups is 1. The lowest BCUT2D eigenvalue weighted by Crippen LogP contribution is -2.57. The number of carbonyl (C=O) groups excluding carboxylic acids is 3. The van der Waals surface area contributed by atoms with E-state index in [0.717, 1.165) is 11.3 Å². The molecule has 2 aliphatic rings.